The summed E-state index contributed by atoms with van der Waals surface area (Å²) in [4.78, 5) is 34.7. The van der Waals surface area contributed by atoms with Gasteiger partial charge in [-0.15, -0.1) is 11.8 Å². The van der Waals surface area contributed by atoms with Gasteiger partial charge in [0.15, 0.2) is 0 Å². The van der Waals surface area contributed by atoms with E-state index < -0.39 is 23.3 Å². The van der Waals surface area contributed by atoms with E-state index in [4.69, 9.17) is 5.11 Å². The molecule has 0 aromatic heterocycles. The molecule has 0 aromatic carbocycles. The van der Waals surface area contributed by atoms with Gasteiger partial charge in [0.25, 0.3) is 0 Å². The number of ether oxygens (including phenoxy) is 1. The van der Waals surface area contributed by atoms with E-state index in [0.717, 1.165) is 0 Å². The minimum absolute atomic E-state index is 0.209. The van der Waals surface area contributed by atoms with Gasteiger partial charge in [0.2, 0.25) is 0 Å². The number of methoxy groups -OCH3 is 1. The van der Waals surface area contributed by atoms with E-state index in [2.05, 4.69) is 16.6 Å². The first-order valence-corrected chi connectivity index (χ1v) is 6.25. The van der Waals surface area contributed by atoms with Crippen LogP contribution in [-0.2, 0) is 19.1 Å². The van der Waals surface area contributed by atoms with Gasteiger partial charge in [-0.1, -0.05) is 6.92 Å². The molecule has 5 nitrogen and oxygen atoms in total. The summed E-state index contributed by atoms with van der Waals surface area (Å²) in [6.45, 7) is 1.88. The lowest BCUT2D eigenvalue weighted by atomic mass is 9.72. The van der Waals surface area contributed by atoms with Crippen LogP contribution in [-0.4, -0.2) is 29.9 Å². The lowest BCUT2D eigenvalue weighted by Crippen LogP contribution is -2.37. The van der Waals surface area contributed by atoms with Gasteiger partial charge >= 0.3 is 11.9 Å². The lowest BCUT2D eigenvalue weighted by Gasteiger charge is -2.29. The average Bonchev–Trinajstić information content (AvgIpc) is 2.65. The maximum absolute atomic E-state index is 11.9. The maximum Gasteiger partial charge on any atom is 0.316 e. The smallest absolute Gasteiger partial charge is 0.316 e. The molecule has 1 aliphatic carbocycles. The van der Waals surface area contributed by atoms with Crippen molar-refractivity contribution in [3.63, 3.8) is 0 Å². The summed E-state index contributed by atoms with van der Waals surface area (Å²) in [6, 6.07) is 0. The molecular weight excluding hydrogens is 248 g/mol. The first-order chi connectivity index (χ1) is 8.96. The molecule has 104 valence electrons. The molecular formula is C14H18O5. The fourth-order valence-corrected chi connectivity index (χ4v) is 2.61. The third kappa shape index (κ3) is 3.34. The molecule has 5 heteroatoms. The van der Waals surface area contributed by atoms with E-state index >= 15 is 0 Å². The van der Waals surface area contributed by atoms with Gasteiger partial charge < -0.3 is 9.84 Å². The fourth-order valence-electron chi connectivity index (χ4n) is 2.61. The SMILES string of the molecule is CCC#CCC1(CC(=O)O)CCC(=O)C1C(=O)OC. The zero-order chi connectivity index (χ0) is 14.5. The molecule has 1 N–H and O–H groups in total. The van der Waals surface area contributed by atoms with Crippen LogP contribution in [0.1, 0.15) is 39.0 Å². The van der Waals surface area contributed by atoms with E-state index in [1.807, 2.05) is 6.92 Å². The second kappa shape index (κ2) is 6.37. The molecule has 0 saturated heterocycles. The van der Waals surface area contributed by atoms with Crippen LogP contribution in [0.4, 0.5) is 0 Å². The quantitative estimate of drug-likeness (QED) is 0.472. The Bertz CT molecular complexity index is 442. The summed E-state index contributed by atoms with van der Waals surface area (Å²) >= 11 is 0. The van der Waals surface area contributed by atoms with Crippen LogP contribution in [0.3, 0.4) is 0 Å². The van der Waals surface area contributed by atoms with Crippen molar-refractivity contribution in [3.05, 3.63) is 0 Å². The molecule has 0 spiro atoms. The van der Waals surface area contributed by atoms with E-state index in [9.17, 15) is 14.4 Å². The highest BCUT2D eigenvalue weighted by Gasteiger charge is 2.53. The number of hydrogen-bond acceptors (Lipinski definition) is 4. The van der Waals surface area contributed by atoms with Crippen molar-refractivity contribution in [2.45, 2.75) is 39.0 Å². The van der Waals surface area contributed by atoms with Crippen LogP contribution in [0.25, 0.3) is 0 Å². The van der Waals surface area contributed by atoms with Crippen LogP contribution >= 0.6 is 0 Å². The van der Waals surface area contributed by atoms with E-state index in [0.29, 0.717) is 12.8 Å². The van der Waals surface area contributed by atoms with Crippen molar-refractivity contribution >= 4 is 17.7 Å². The van der Waals surface area contributed by atoms with Crippen molar-refractivity contribution in [2.75, 3.05) is 7.11 Å². The van der Waals surface area contributed by atoms with Gasteiger partial charge in [-0.25, -0.2) is 0 Å². The van der Waals surface area contributed by atoms with Gasteiger partial charge in [-0.05, 0) is 6.42 Å². The van der Waals surface area contributed by atoms with Crippen molar-refractivity contribution in [1.29, 1.82) is 0 Å². The fraction of sp³-hybridized carbons (Fsp3) is 0.643. The number of rotatable bonds is 4. The second-order valence-corrected chi connectivity index (χ2v) is 4.74. The predicted molar refractivity (Wildman–Crippen MR) is 67.1 cm³/mol. The molecule has 0 aromatic rings. The molecule has 0 radical (unpaired) electrons. The third-order valence-electron chi connectivity index (χ3n) is 3.49. The molecule has 2 unspecified atom stereocenters. The monoisotopic (exact) mass is 266 g/mol. The Balaban J connectivity index is 3.09. The Kier molecular flexibility index (Phi) is 5.11. The molecule has 1 rings (SSSR count). The second-order valence-electron chi connectivity index (χ2n) is 4.74. The van der Waals surface area contributed by atoms with Crippen LogP contribution < -0.4 is 0 Å². The van der Waals surface area contributed by atoms with E-state index in [1.165, 1.54) is 7.11 Å². The van der Waals surface area contributed by atoms with Crippen molar-refractivity contribution < 1.29 is 24.2 Å². The molecule has 1 fully saturated rings. The molecule has 1 saturated carbocycles. The molecule has 1 aliphatic rings. The Morgan fingerprint density at radius 3 is 2.68 bits per heavy atom. The summed E-state index contributed by atoms with van der Waals surface area (Å²) in [5.41, 5.74) is -0.918. The van der Waals surface area contributed by atoms with Gasteiger partial charge in [0.05, 0.1) is 13.5 Å². The molecule has 19 heavy (non-hydrogen) atoms. The number of carbonyl (C=O) groups is 3. The Morgan fingerprint density at radius 1 is 1.47 bits per heavy atom. The number of carboxylic acid groups (broad SMARTS) is 1. The topological polar surface area (TPSA) is 80.7 Å². The third-order valence-corrected chi connectivity index (χ3v) is 3.49. The zero-order valence-electron chi connectivity index (χ0n) is 11.2. The lowest BCUT2D eigenvalue weighted by molar-refractivity contribution is -0.154. The Morgan fingerprint density at radius 2 is 2.16 bits per heavy atom. The van der Waals surface area contributed by atoms with Crippen molar-refractivity contribution in [1.82, 2.24) is 0 Å². The molecule has 0 aliphatic heterocycles. The maximum atomic E-state index is 11.9. The molecule has 0 bridgehead atoms. The minimum atomic E-state index is -1.03. The van der Waals surface area contributed by atoms with Crippen LogP contribution in [0.5, 0.6) is 0 Å². The van der Waals surface area contributed by atoms with Gasteiger partial charge in [-0.3, -0.25) is 14.4 Å². The van der Waals surface area contributed by atoms with Crippen LogP contribution in [0.15, 0.2) is 0 Å². The highest BCUT2D eigenvalue weighted by atomic mass is 16.5. The number of carbonyl (C=O) groups excluding carboxylic acids is 2. The van der Waals surface area contributed by atoms with Crippen molar-refractivity contribution in [3.8, 4) is 11.8 Å². The highest BCUT2D eigenvalue weighted by molar-refractivity contribution is 6.02. The summed E-state index contributed by atoms with van der Waals surface area (Å²) in [6.07, 6.45) is 1.23. The summed E-state index contributed by atoms with van der Waals surface area (Å²) in [5, 5.41) is 9.04. The number of aliphatic carboxylic acids is 1. The number of carboxylic acids is 1. The average molecular weight is 266 g/mol. The first-order valence-electron chi connectivity index (χ1n) is 6.25. The molecule has 2 atom stereocenters. The summed E-state index contributed by atoms with van der Waals surface area (Å²) in [7, 11) is 1.21. The van der Waals surface area contributed by atoms with Crippen LogP contribution in [0.2, 0.25) is 0 Å². The predicted octanol–water partition coefficient (Wildman–Crippen LogP) is 1.40. The number of esters is 1. The van der Waals surface area contributed by atoms with Crippen LogP contribution in [0, 0.1) is 23.2 Å². The standard InChI is InChI=1S/C14H18O5/c1-3-4-5-7-14(9-11(16)17)8-6-10(15)12(14)13(18)19-2/h12H,3,6-9H2,1-2H3,(H,16,17). The number of ketones is 1. The van der Waals surface area contributed by atoms with Gasteiger partial charge in [-0.2, -0.15) is 0 Å². The van der Waals surface area contributed by atoms with E-state index in [-0.39, 0.29) is 25.0 Å². The largest absolute Gasteiger partial charge is 0.481 e. The minimum Gasteiger partial charge on any atom is -0.481 e. The molecule has 0 heterocycles. The van der Waals surface area contributed by atoms with Gasteiger partial charge in [0, 0.05) is 24.7 Å². The number of Topliss-reactive ketones (excluding diaryl/α,β-unsaturated/α-hetero) is 1. The van der Waals surface area contributed by atoms with Crippen molar-refractivity contribution in [2.24, 2.45) is 11.3 Å². The van der Waals surface area contributed by atoms with E-state index in [1.54, 1.807) is 0 Å². The summed E-state index contributed by atoms with van der Waals surface area (Å²) in [5.74, 6) is 2.82. The highest BCUT2D eigenvalue weighted by Crippen LogP contribution is 2.47. The number of hydrogen-bond donors (Lipinski definition) is 1. The normalized spacial score (nSPS) is 25.6. The first kappa shape index (κ1) is 15.2. The summed E-state index contributed by atoms with van der Waals surface area (Å²) < 4.78 is 4.65. The molecule has 0 amide bonds. The zero-order valence-corrected chi connectivity index (χ0v) is 11.2. The Hall–Kier alpha value is -1.83. The van der Waals surface area contributed by atoms with Gasteiger partial charge in [0.1, 0.15) is 11.7 Å². The Labute approximate surface area is 112 Å².